The lowest BCUT2D eigenvalue weighted by atomic mass is 9.86. The maximum absolute atomic E-state index is 12.8. The van der Waals surface area contributed by atoms with Crippen LogP contribution in [0.2, 0.25) is 0 Å². The molecular formula is C20H21N4O3P. The van der Waals surface area contributed by atoms with E-state index in [1.54, 1.807) is 19.1 Å². The van der Waals surface area contributed by atoms with Crippen LogP contribution in [0.3, 0.4) is 0 Å². The first-order valence-electron chi connectivity index (χ1n) is 9.10. The second kappa shape index (κ2) is 6.85. The van der Waals surface area contributed by atoms with Gasteiger partial charge in [-0.15, -0.1) is 10.2 Å². The number of nitrogens with zero attached hydrogens (tertiary/aromatic N) is 4. The van der Waals surface area contributed by atoms with Gasteiger partial charge >= 0.3 is 7.60 Å². The van der Waals surface area contributed by atoms with Gasteiger partial charge in [-0.1, -0.05) is 24.3 Å². The average Bonchev–Trinajstić information content (AvgIpc) is 2.65. The van der Waals surface area contributed by atoms with Crippen molar-refractivity contribution in [3.05, 3.63) is 59.4 Å². The molecule has 1 N–H and O–H groups in total. The van der Waals surface area contributed by atoms with Crippen LogP contribution in [0.4, 0.5) is 0 Å². The highest BCUT2D eigenvalue weighted by Gasteiger charge is 2.35. The summed E-state index contributed by atoms with van der Waals surface area (Å²) in [5.41, 5.74) is 2.99. The number of rotatable bonds is 4. The fraction of sp³-hybridized carbons (Fsp3) is 0.300. The van der Waals surface area contributed by atoms with Crippen molar-refractivity contribution in [2.45, 2.75) is 32.7 Å². The zero-order valence-electron chi connectivity index (χ0n) is 16.0. The fourth-order valence-corrected chi connectivity index (χ4v) is 4.78. The van der Waals surface area contributed by atoms with E-state index in [1.165, 1.54) is 0 Å². The third kappa shape index (κ3) is 3.37. The number of hydrogen-bond acceptors (Lipinski definition) is 6. The minimum atomic E-state index is -3.93. The summed E-state index contributed by atoms with van der Waals surface area (Å²) in [5, 5.41) is 8.83. The van der Waals surface area contributed by atoms with Crippen LogP contribution in [-0.2, 0) is 15.5 Å². The van der Waals surface area contributed by atoms with Gasteiger partial charge in [0.2, 0.25) is 5.82 Å². The molecule has 0 amide bonds. The Morgan fingerprint density at radius 1 is 1.11 bits per heavy atom. The lowest BCUT2D eigenvalue weighted by Gasteiger charge is -2.30. The van der Waals surface area contributed by atoms with Crippen molar-refractivity contribution in [3.63, 3.8) is 0 Å². The number of aromatic nitrogens is 3. The summed E-state index contributed by atoms with van der Waals surface area (Å²) in [6, 6.07) is 12.7. The second-order valence-electron chi connectivity index (χ2n) is 7.32. The van der Waals surface area contributed by atoms with Crippen molar-refractivity contribution in [3.8, 4) is 0 Å². The van der Waals surface area contributed by atoms with Crippen molar-refractivity contribution >= 4 is 29.6 Å². The van der Waals surface area contributed by atoms with Crippen LogP contribution in [0.15, 0.2) is 47.5 Å². The van der Waals surface area contributed by atoms with Gasteiger partial charge in [0.1, 0.15) is 11.2 Å². The quantitative estimate of drug-likeness (QED) is 0.681. The molecule has 1 atom stereocenters. The van der Waals surface area contributed by atoms with E-state index in [0.29, 0.717) is 28.8 Å². The lowest BCUT2D eigenvalue weighted by molar-refractivity contribution is 0.284. The predicted octanol–water partition coefficient (Wildman–Crippen LogP) is 3.04. The van der Waals surface area contributed by atoms with E-state index in [1.807, 2.05) is 44.2 Å². The van der Waals surface area contributed by atoms with Gasteiger partial charge in [-0.05, 0) is 51.0 Å². The minimum absolute atomic E-state index is 0.152. The lowest BCUT2D eigenvalue weighted by Crippen LogP contribution is -2.34. The second-order valence-corrected chi connectivity index (χ2v) is 9.10. The summed E-state index contributed by atoms with van der Waals surface area (Å²) in [6.45, 7) is 5.80. The highest BCUT2D eigenvalue weighted by Crippen LogP contribution is 2.43. The van der Waals surface area contributed by atoms with Crippen LogP contribution >= 0.6 is 7.60 Å². The maximum atomic E-state index is 12.8. The molecule has 2 aromatic carbocycles. The summed E-state index contributed by atoms with van der Waals surface area (Å²) >= 11 is 0. The van der Waals surface area contributed by atoms with E-state index in [9.17, 15) is 9.46 Å². The highest BCUT2D eigenvalue weighted by molar-refractivity contribution is 7.61. The van der Waals surface area contributed by atoms with Crippen LogP contribution in [0.5, 0.6) is 0 Å². The molecule has 0 bridgehead atoms. The van der Waals surface area contributed by atoms with Crippen molar-refractivity contribution in [2.24, 2.45) is 4.99 Å². The molecule has 0 aliphatic carbocycles. The number of para-hydroxylation sites is 1. The monoisotopic (exact) mass is 396 g/mol. The fourth-order valence-electron chi connectivity index (χ4n) is 3.48. The maximum Gasteiger partial charge on any atom is 0.359 e. The SMILES string of the molecule is CCOP(=O)(O)c1cccc2c1CC(C)(C)N=C2c1nnc2ccccc2n1. The third-order valence-electron chi connectivity index (χ3n) is 4.61. The molecule has 4 rings (SSSR count). The number of benzene rings is 2. The van der Waals surface area contributed by atoms with E-state index in [2.05, 4.69) is 15.2 Å². The molecule has 0 fully saturated rings. The molecule has 8 heteroatoms. The molecule has 0 radical (unpaired) electrons. The molecule has 1 unspecified atom stereocenters. The zero-order chi connectivity index (χ0) is 19.9. The van der Waals surface area contributed by atoms with Gasteiger partial charge in [-0.25, -0.2) is 4.98 Å². The molecule has 7 nitrogen and oxygen atoms in total. The summed E-state index contributed by atoms with van der Waals surface area (Å²) in [5.74, 6) is 0.397. The van der Waals surface area contributed by atoms with Crippen LogP contribution in [0.25, 0.3) is 11.0 Å². The Morgan fingerprint density at radius 2 is 1.86 bits per heavy atom. The van der Waals surface area contributed by atoms with Gasteiger partial charge in [-0.3, -0.25) is 9.56 Å². The molecular weight excluding hydrogens is 375 g/mol. The first-order chi connectivity index (χ1) is 13.3. The summed E-state index contributed by atoms with van der Waals surface area (Å²) in [7, 11) is -3.93. The molecule has 0 saturated heterocycles. The van der Waals surface area contributed by atoms with E-state index in [4.69, 9.17) is 9.52 Å². The molecule has 0 spiro atoms. The Hall–Kier alpha value is -2.47. The number of hydrogen-bond donors (Lipinski definition) is 1. The Balaban J connectivity index is 1.92. The van der Waals surface area contributed by atoms with Gasteiger partial charge in [-0.2, -0.15) is 0 Å². The van der Waals surface area contributed by atoms with Gasteiger partial charge < -0.3 is 9.42 Å². The molecule has 3 aromatic rings. The molecule has 1 aromatic heterocycles. The standard InChI is InChI=1S/C20H21N4O3P/c1-4-27-28(25,26)17-11-7-8-13-14(17)12-20(2,3)22-18(13)19-21-15-9-5-6-10-16(15)23-24-19/h5-11H,4,12H2,1-3H3,(H,25,26). The van der Waals surface area contributed by atoms with Crippen molar-refractivity contribution in [1.29, 1.82) is 0 Å². The van der Waals surface area contributed by atoms with E-state index in [-0.39, 0.29) is 6.61 Å². The van der Waals surface area contributed by atoms with Crippen LogP contribution < -0.4 is 5.30 Å². The molecule has 0 saturated carbocycles. The molecule has 144 valence electrons. The van der Waals surface area contributed by atoms with E-state index in [0.717, 1.165) is 16.6 Å². The van der Waals surface area contributed by atoms with Gasteiger partial charge in [0, 0.05) is 5.56 Å². The molecule has 1 aliphatic heterocycles. The molecule has 2 heterocycles. The van der Waals surface area contributed by atoms with E-state index >= 15 is 0 Å². The Kier molecular flexibility index (Phi) is 4.62. The highest BCUT2D eigenvalue weighted by atomic mass is 31.2. The summed E-state index contributed by atoms with van der Waals surface area (Å²) < 4.78 is 17.9. The Labute approximate surface area is 163 Å². The number of fused-ring (bicyclic) bond motifs is 2. The third-order valence-corrected chi connectivity index (χ3v) is 6.25. The van der Waals surface area contributed by atoms with Crippen LogP contribution in [-0.4, -0.2) is 37.9 Å². The van der Waals surface area contributed by atoms with Gasteiger partial charge in [0.15, 0.2) is 0 Å². The Bertz CT molecular complexity index is 1140. The topological polar surface area (TPSA) is 97.6 Å². The smallest absolute Gasteiger partial charge is 0.321 e. The van der Waals surface area contributed by atoms with E-state index < -0.39 is 13.1 Å². The summed E-state index contributed by atoms with van der Waals surface area (Å²) in [6.07, 6.45) is 0.515. The minimum Gasteiger partial charge on any atom is -0.321 e. The molecule has 1 aliphatic rings. The van der Waals surface area contributed by atoms with Crippen LogP contribution in [0, 0.1) is 0 Å². The zero-order valence-corrected chi connectivity index (χ0v) is 16.8. The summed E-state index contributed by atoms with van der Waals surface area (Å²) in [4.78, 5) is 19.9. The van der Waals surface area contributed by atoms with Crippen molar-refractivity contribution in [2.75, 3.05) is 6.61 Å². The largest absolute Gasteiger partial charge is 0.359 e. The first-order valence-corrected chi connectivity index (χ1v) is 10.7. The normalized spacial score (nSPS) is 17.6. The van der Waals surface area contributed by atoms with Crippen molar-refractivity contribution < 1.29 is 14.0 Å². The number of aliphatic imine (C=N–C) groups is 1. The van der Waals surface area contributed by atoms with Crippen LogP contribution in [0.1, 0.15) is 37.7 Å². The van der Waals surface area contributed by atoms with Crippen molar-refractivity contribution in [1.82, 2.24) is 15.2 Å². The first kappa shape index (κ1) is 18.9. The average molecular weight is 396 g/mol. The Morgan fingerprint density at radius 3 is 2.61 bits per heavy atom. The van der Waals surface area contributed by atoms with Gasteiger partial charge in [0.05, 0.1) is 23.0 Å². The predicted molar refractivity (Wildman–Crippen MR) is 108 cm³/mol. The van der Waals surface area contributed by atoms with Gasteiger partial charge in [0.25, 0.3) is 0 Å². The molecule has 28 heavy (non-hydrogen) atoms.